The van der Waals surface area contributed by atoms with E-state index in [1.807, 2.05) is 13.8 Å². The molecule has 0 aliphatic heterocycles. The molecular formula is C16H28N2O3. The Bertz CT molecular complexity index is 399. The predicted molar refractivity (Wildman–Crippen MR) is 81.0 cm³/mol. The first kappa shape index (κ1) is 16.1. The van der Waals surface area contributed by atoms with E-state index in [1.165, 1.54) is 30.6 Å². The van der Waals surface area contributed by atoms with Crippen molar-refractivity contribution >= 4 is 12.0 Å². The number of amides is 2. The highest BCUT2D eigenvalue weighted by molar-refractivity contribution is 5.80. The fourth-order valence-corrected chi connectivity index (χ4v) is 4.08. The molecule has 0 radical (unpaired) electrons. The van der Waals surface area contributed by atoms with Crippen molar-refractivity contribution < 1.29 is 14.7 Å². The average molecular weight is 296 g/mol. The maximum atomic E-state index is 12.4. The Morgan fingerprint density at radius 1 is 1.29 bits per heavy atom. The quantitative estimate of drug-likeness (QED) is 0.791. The SMILES string of the molecule is CCC(C)N(CC(=O)O)C(=O)NC(C)C1CC2CCC1C2. The zero-order valence-electron chi connectivity index (χ0n) is 13.3. The molecule has 5 atom stereocenters. The Labute approximate surface area is 127 Å². The minimum atomic E-state index is -0.960. The Morgan fingerprint density at radius 3 is 2.48 bits per heavy atom. The van der Waals surface area contributed by atoms with Gasteiger partial charge >= 0.3 is 12.0 Å². The van der Waals surface area contributed by atoms with Crippen LogP contribution in [0.15, 0.2) is 0 Å². The van der Waals surface area contributed by atoms with Gasteiger partial charge in [-0.2, -0.15) is 0 Å². The summed E-state index contributed by atoms with van der Waals surface area (Å²) in [6.45, 7) is 5.69. The molecule has 21 heavy (non-hydrogen) atoms. The lowest BCUT2D eigenvalue weighted by Gasteiger charge is -2.32. The molecule has 120 valence electrons. The van der Waals surface area contributed by atoms with Crippen molar-refractivity contribution in [3.63, 3.8) is 0 Å². The van der Waals surface area contributed by atoms with Gasteiger partial charge in [-0.05, 0) is 57.3 Å². The third-order valence-electron chi connectivity index (χ3n) is 5.48. The molecule has 2 amide bonds. The first-order valence-corrected chi connectivity index (χ1v) is 8.21. The van der Waals surface area contributed by atoms with Gasteiger partial charge in [0.25, 0.3) is 0 Å². The highest BCUT2D eigenvalue weighted by Crippen LogP contribution is 2.49. The minimum absolute atomic E-state index is 0.0617. The van der Waals surface area contributed by atoms with Gasteiger partial charge in [0.1, 0.15) is 6.54 Å². The van der Waals surface area contributed by atoms with Crippen LogP contribution < -0.4 is 5.32 Å². The molecule has 0 spiro atoms. The van der Waals surface area contributed by atoms with Crippen molar-refractivity contribution in [3.05, 3.63) is 0 Å². The molecular weight excluding hydrogens is 268 g/mol. The molecule has 2 saturated carbocycles. The summed E-state index contributed by atoms with van der Waals surface area (Å²) in [5.41, 5.74) is 0. The summed E-state index contributed by atoms with van der Waals surface area (Å²) in [7, 11) is 0. The summed E-state index contributed by atoms with van der Waals surface area (Å²) in [5, 5.41) is 12.0. The van der Waals surface area contributed by atoms with Crippen molar-refractivity contribution in [1.82, 2.24) is 10.2 Å². The van der Waals surface area contributed by atoms with E-state index < -0.39 is 5.97 Å². The molecule has 5 nitrogen and oxygen atoms in total. The van der Waals surface area contributed by atoms with Crippen molar-refractivity contribution in [1.29, 1.82) is 0 Å². The predicted octanol–water partition coefficient (Wildman–Crippen LogP) is 2.71. The van der Waals surface area contributed by atoms with Crippen LogP contribution in [0.4, 0.5) is 4.79 Å². The number of nitrogens with zero attached hydrogens (tertiary/aromatic N) is 1. The molecule has 2 N–H and O–H groups in total. The normalized spacial score (nSPS) is 30.0. The van der Waals surface area contributed by atoms with Crippen molar-refractivity contribution in [2.45, 2.75) is 65.0 Å². The van der Waals surface area contributed by atoms with Gasteiger partial charge in [-0.25, -0.2) is 4.79 Å². The fraction of sp³-hybridized carbons (Fsp3) is 0.875. The molecule has 0 aromatic heterocycles. The van der Waals surface area contributed by atoms with Gasteiger partial charge in [0.2, 0.25) is 0 Å². The van der Waals surface area contributed by atoms with Crippen LogP contribution in [0.25, 0.3) is 0 Å². The molecule has 2 bridgehead atoms. The van der Waals surface area contributed by atoms with Gasteiger partial charge in [0.05, 0.1) is 0 Å². The topological polar surface area (TPSA) is 69.6 Å². The molecule has 2 aliphatic rings. The van der Waals surface area contributed by atoms with Gasteiger partial charge < -0.3 is 15.3 Å². The Hall–Kier alpha value is -1.26. The Balaban J connectivity index is 1.92. The summed E-state index contributed by atoms with van der Waals surface area (Å²) in [4.78, 5) is 24.8. The Morgan fingerprint density at radius 2 is 2.00 bits per heavy atom. The standard InChI is InChI=1S/C16H28N2O3/c1-4-10(2)18(9-15(19)20)16(21)17-11(3)14-8-12-5-6-13(14)7-12/h10-14H,4-9H2,1-3H3,(H,17,21)(H,19,20). The lowest BCUT2D eigenvalue weighted by atomic mass is 9.84. The third kappa shape index (κ3) is 3.69. The molecule has 5 unspecified atom stereocenters. The van der Waals surface area contributed by atoms with E-state index in [-0.39, 0.29) is 24.7 Å². The van der Waals surface area contributed by atoms with Crippen molar-refractivity contribution in [2.24, 2.45) is 17.8 Å². The maximum Gasteiger partial charge on any atom is 0.323 e. The summed E-state index contributed by atoms with van der Waals surface area (Å²) in [5.74, 6) is 1.21. The number of hydrogen-bond acceptors (Lipinski definition) is 2. The molecule has 2 fully saturated rings. The minimum Gasteiger partial charge on any atom is -0.480 e. The average Bonchev–Trinajstić information content (AvgIpc) is 3.06. The van der Waals surface area contributed by atoms with Crippen LogP contribution in [0.1, 0.15) is 52.9 Å². The third-order valence-corrected chi connectivity index (χ3v) is 5.48. The number of carbonyl (C=O) groups is 2. The zero-order chi connectivity index (χ0) is 15.6. The number of carboxylic acids is 1. The number of carbonyl (C=O) groups excluding carboxylic acids is 1. The van der Waals surface area contributed by atoms with Crippen molar-refractivity contribution in [2.75, 3.05) is 6.54 Å². The molecule has 5 heteroatoms. The van der Waals surface area contributed by atoms with E-state index in [0.717, 1.165) is 18.3 Å². The van der Waals surface area contributed by atoms with Gasteiger partial charge in [-0.1, -0.05) is 13.3 Å². The van der Waals surface area contributed by atoms with Crippen LogP contribution in [-0.2, 0) is 4.79 Å². The largest absolute Gasteiger partial charge is 0.480 e. The molecule has 2 aliphatic carbocycles. The lowest BCUT2D eigenvalue weighted by molar-refractivity contribution is -0.138. The zero-order valence-corrected chi connectivity index (χ0v) is 13.3. The van der Waals surface area contributed by atoms with Gasteiger partial charge in [-0.3, -0.25) is 4.79 Å². The lowest BCUT2D eigenvalue weighted by Crippen LogP contribution is -2.51. The molecule has 0 aromatic rings. The maximum absolute atomic E-state index is 12.4. The first-order chi connectivity index (χ1) is 9.92. The van der Waals surface area contributed by atoms with Gasteiger partial charge in [-0.15, -0.1) is 0 Å². The van der Waals surface area contributed by atoms with Crippen LogP contribution in [0.3, 0.4) is 0 Å². The monoisotopic (exact) mass is 296 g/mol. The van der Waals surface area contributed by atoms with Crippen LogP contribution in [0, 0.1) is 17.8 Å². The molecule has 0 aromatic carbocycles. The van der Waals surface area contributed by atoms with E-state index in [2.05, 4.69) is 12.2 Å². The molecule has 0 heterocycles. The highest BCUT2D eigenvalue weighted by atomic mass is 16.4. The Kier molecular flexibility index (Phi) is 5.12. The van der Waals surface area contributed by atoms with Crippen LogP contribution in [0.5, 0.6) is 0 Å². The fourth-order valence-electron chi connectivity index (χ4n) is 4.08. The van der Waals surface area contributed by atoms with E-state index in [1.54, 1.807) is 0 Å². The van der Waals surface area contributed by atoms with E-state index in [9.17, 15) is 9.59 Å². The second-order valence-electron chi connectivity index (χ2n) is 6.86. The van der Waals surface area contributed by atoms with Crippen LogP contribution in [0.2, 0.25) is 0 Å². The van der Waals surface area contributed by atoms with E-state index in [0.29, 0.717) is 5.92 Å². The van der Waals surface area contributed by atoms with Gasteiger partial charge in [0.15, 0.2) is 0 Å². The molecule has 2 rings (SSSR count). The second-order valence-corrected chi connectivity index (χ2v) is 6.86. The number of aliphatic carboxylic acids is 1. The summed E-state index contributed by atoms with van der Waals surface area (Å²) in [6, 6.07) is -0.163. The van der Waals surface area contributed by atoms with E-state index >= 15 is 0 Å². The highest BCUT2D eigenvalue weighted by Gasteiger charge is 2.42. The van der Waals surface area contributed by atoms with E-state index in [4.69, 9.17) is 5.11 Å². The number of carboxylic acid groups (broad SMARTS) is 1. The van der Waals surface area contributed by atoms with Crippen LogP contribution in [-0.4, -0.2) is 40.6 Å². The van der Waals surface area contributed by atoms with Crippen molar-refractivity contribution in [3.8, 4) is 0 Å². The number of rotatable bonds is 6. The number of fused-ring (bicyclic) bond motifs is 2. The first-order valence-electron chi connectivity index (χ1n) is 8.21. The number of nitrogens with one attached hydrogen (secondary N) is 1. The van der Waals surface area contributed by atoms with Crippen LogP contribution >= 0.6 is 0 Å². The number of hydrogen-bond donors (Lipinski definition) is 2. The van der Waals surface area contributed by atoms with Gasteiger partial charge in [0, 0.05) is 12.1 Å². The number of urea groups is 1. The summed E-state index contributed by atoms with van der Waals surface area (Å²) >= 11 is 0. The second kappa shape index (κ2) is 6.67. The molecule has 0 saturated heterocycles. The summed E-state index contributed by atoms with van der Waals surface area (Å²) in [6.07, 6.45) is 5.92. The summed E-state index contributed by atoms with van der Waals surface area (Å²) < 4.78 is 0. The smallest absolute Gasteiger partial charge is 0.323 e.